The van der Waals surface area contributed by atoms with Crippen LogP contribution in [-0.4, -0.2) is 16.6 Å². The van der Waals surface area contributed by atoms with Gasteiger partial charge in [0, 0.05) is 17.0 Å². The number of H-pyrrole nitrogens is 1. The maximum atomic E-state index is 9.61. The molecule has 0 bridgehead atoms. The smallest absolute Gasteiger partial charge is 0.0819 e. The highest BCUT2D eigenvalue weighted by atomic mass is 16.3. The van der Waals surface area contributed by atoms with Crippen LogP contribution in [0, 0.1) is 13.8 Å². The fraction of sp³-hybridized carbons (Fsp3) is 0.556. The highest BCUT2D eigenvalue weighted by Gasteiger charge is 2.10. The minimum absolute atomic E-state index is 0.417. The zero-order valence-corrected chi connectivity index (χ0v) is 7.59. The number of aromatic amines is 1. The van der Waals surface area contributed by atoms with Gasteiger partial charge >= 0.3 is 0 Å². The molecule has 0 unspecified atom stereocenters. The van der Waals surface area contributed by atoms with Crippen LogP contribution in [-0.2, 0) is 0 Å². The molecule has 1 aromatic rings. The number of hydrogen-bond donors (Lipinski definition) is 3. The first-order valence-electron chi connectivity index (χ1n) is 4.19. The van der Waals surface area contributed by atoms with E-state index in [-0.39, 0.29) is 0 Å². The van der Waals surface area contributed by atoms with Crippen molar-refractivity contribution >= 4 is 0 Å². The first-order chi connectivity index (χ1) is 5.65. The van der Waals surface area contributed by atoms with Crippen molar-refractivity contribution in [1.29, 1.82) is 0 Å². The standard InChI is InChI=1S/C9H16N2O/c1-6-5-8(7(2)11-6)9(12)3-4-10/h5,9,11-12H,3-4,10H2,1-2H3/t9-/m0/s1. The van der Waals surface area contributed by atoms with Crippen molar-refractivity contribution in [2.24, 2.45) is 5.73 Å². The number of nitrogens with two attached hydrogens (primary N) is 1. The monoisotopic (exact) mass is 168 g/mol. The second kappa shape index (κ2) is 3.74. The molecular formula is C9H16N2O. The molecule has 0 saturated heterocycles. The lowest BCUT2D eigenvalue weighted by atomic mass is 10.1. The molecule has 4 N–H and O–H groups in total. The third-order valence-electron chi connectivity index (χ3n) is 1.99. The van der Waals surface area contributed by atoms with Crippen LogP contribution in [0.15, 0.2) is 6.07 Å². The van der Waals surface area contributed by atoms with Gasteiger partial charge in [-0.05, 0) is 32.9 Å². The van der Waals surface area contributed by atoms with Gasteiger partial charge in [0.25, 0.3) is 0 Å². The van der Waals surface area contributed by atoms with E-state index in [4.69, 9.17) is 5.73 Å². The van der Waals surface area contributed by atoms with Crippen molar-refractivity contribution in [2.45, 2.75) is 26.4 Å². The van der Waals surface area contributed by atoms with Crippen molar-refractivity contribution in [2.75, 3.05) is 6.54 Å². The van der Waals surface area contributed by atoms with E-state index in [0.717, 1.165) is 17.0 Å². The molecule has 1 heterocycles. The number of hydrogen-bond acceptors (Lipinski definition) is 2. The molecule has 0 amide bonds. The normalized spacial score (nSPS) is 13.3. The molecule has 0 radical (unpaired) electrons. The number of aromatic nitrogens is 1. The van der Waals surface area contributed by atoms with Crippen LogP contribution in [0.5, 0.6) is 0 Å². The Morgan fingerprint density at radius 3 is 2.67 bits per heavy atom. The zero-order chi connectivity index (χ0) is 9.14. The maximum absolute atomic E-state index is 9.61. The summed E-state index contributed by atoms with van der Waals surface area (Å²) in [6.45, 7) is 4.46. The van der Waals surface area contributed by atoms with Crippen LogP contribution in [0.25, 0.3) is 0 Å². The fourth-order valence-corrected chi connectivity index (χ4v) is 1.40. The average molecular weight is 168 g/mol. The van der Waals surface area contributed by atoms with Crippen molar-refractivity contribution in [3.8, 4) is 0 Å². The Kier molecular flexibility index (Phi) is 2.89. The molecular weight excluding hydrogens is 152 g/mol. The van der Waals surface area contributed by atoms with Gasteiger partial charge in [0.2, 0.25) is 0 Å². The SMILES string of the molecule is Cc1cc([C@@H](O)CCN)c(C)[nH]1. The highest BCUT2D eigenvalue weighted by molar-refractivity contribution is 5.26. The largest absolute Gasteiger partial charge is 0.388 e. The molecule has 0 saturated carbocycles. The van der Waals surface area contributed by atoms with Crippen molar-refractivity contribution in [3.05, 3.63) is 23.0 Å². The van der Waals surface area contributed by atoms with Crippen molar-refractivity contribution < 1.29 is 5.11 Å². The summed E-state index contributed by atoms with van der Waals surface area (Å²) in [4.78, 5) is 3.15. The molecule has 0 aliphatic carbocycles. The number of rotatable bonds is 3. The quantitative estimate of drug-likeness (QED) is 0.631. The molecule has 1 rings (SSSR count). The summed E-state index contributed by atoms with van der Waals surface area (Å²) in [5.41, 5.74) is 8.44. The predicted octanol–water partition coefficient (Wildman–Crippen LogP) is 1.01. The summed E-state index contributed by atoms with van der Waals surface area (Å²) >= 11 is 0. The summed E-state index contributed by atoms with van der Waals surface area (Å²) in [5, 5.41) is 9.61. The fourth-order valence-electron chi connectivity index (χ4n) is 1.40. The second-order valence-corrected chi connectivity index (χ2v) is 3.13. The zero-order valence-electron chi connectivity index (χ0n) is 7.59. The van der Waals surface area contributed by atoms with Gasteiger partial charge in [-0.1, -0.05) is 0 Å². The van der Waals surface area contributed by atoms with E-state index in [1.807, 2.05) is 19.9 Å². The van der Waals surface area contributed by atoms with Gasteiger partial charge in [-0.2, -0.15) is 0 Å². The molecule has 12 heavy (non-hydrogen) atoms. The van der Waals surface area contributed by atoms with Crippen LogP contribution >= 0.6 is 0 Å². The molecule has 0 aliphatic rings. The van der Waals surface area contributed by atoms with E-state index in [1.165, 1.54) is 0 Å². The summed E-state index contributed by atoms with van der Waals surface area (Å²) in [6, 6.07) is 1.97. The summed E-state index contributed by atoms with van der Waals surface area (Å²) in [5.74, 6) is 0. The van der Waals surface area contributed by atoms with Crippen LogP contribution in [0.2, 0.25) is 0 Å². The molecule has 3 nitrogen and oxygen atoms in total. The molecule has 1 atom stereocenters. The topological polar surface area (TPSA) is 62.0 Å². The van der Waals surface area contributed by atoms with Gasteiger partial charge in [-0.3, -0.25) is 0 Å². The third kappa shape index (κ3) is 1.87. The number of aryl methyl sites for hydroxylation is 2. The molecule has 0 fully saturated rings. The molecule has 68 valence electrons. The minimum Gasteiger partial charge on any atom is -0.388 e. The number of aliphatic hydroxyl groups is 1. The van der Waals surface area contributed by atoms with Crippen LogP contribution < -0.4 is 5.73 Å². The lowest BCUT2D eigenvalue weighted by Gasteiger charge is -2.07. The molecule has 3 heteroatoms. The van der Waals surface area contributed by atoms with E-state index in [0.29, 0.717) is 13.0 Å². The molecule has 0 aliphatic heterocycles. The van der Waals surface area contributed by atoms with E-state index >= 15 is 0 Å². The predicted molar refractivity (Wildman–Crippen MR) is 48.9 cm³/mol. The Bertz CT molecular complexity index is 255. The minimum atomic E-state index is -0.417. The van der Waals surface area contributed by atoms with E-state index in [9.17, 15) is 5.11 Å². The molecule has 1 aromatic heterocycles. The van der Waals surface area contributed by atoms with Crippen molar-refractivity contribution in [3.63, 3.8) is 0 Å². The first kappa shape index (κ1) is 9.29. The number of nitrogens with one attached hydrogen (secondary N) is 1. The Morgan fingerprint density at radius 2 is 2.25 bits per heavy atom. The third-order valence-corrected chi connectivity index (χ3v) is 1.99. The lowest BCUT2D eigenvalue weighted by molar-refractivity contribution is 0.170. The summed E-state index contributed by atoms with van der Waals surface area (Å²) in [7, 11) is 0. The van der Waals surface area contributed by atoms with Crippen LogP contribution in [0.3, 0.4) is 0 Å². The second-order valence-electron chi connectivity index (χ2n) is 3.13. The maximum Gasteiger partial charge on any atom is 0.0819 e. The van der Waals surface area contributed by atoms with Gasteiger partial charge in [-0.15, -0.1) is 0 Å². The Balaban J connectivity index is 2.79. The number of aliphatic hydroxyl groups excluding tert-OH is 1. The lowest BCUT2D eigenvalue weighted by Crippen LogP contribution is -2.06. The molecule has 0 aromatic carbocycles. The summed E-state index contributed by atoms with van der Waals surface area (Å²) in [6.07, 6.45) is 0.206. The van der Waals surface area contributed by atoms with Gasteiger partial charge in [0.15, 0.2) is 0 Å². The van der Waals surface area contributed by atoms with Gasteiger partial charge in [0.1, 0.15) is 0 Å². The van der Waals surface area contributed by atoms with E-state index < -0.39 is 6.10 Å². The molecule has 0 spiro atoms. The Hall–Kier alpha value is -0.800. The van der Waals surface area contributed by atoms with Gasteiger partial charge in [-0.25, -0.2) is 0 Å². The Labute approximate surface area is 72.6 Å². The van der Waals surface area contributed by atoms with E-state index in [1.54, 1.807) is 0 Å². The Morgan fingerprint density at radius 1 is 1.58 bits per heavy atom. The van der Waals surface area contributed by atoms with Gasteiger partial charge in [0.05, 0.1) is 6.10 Å². The summed E-state index contributed by atoms with van der Waals surface area (Å²) < 4.78 is 0. The van der Waals surface area contributed by atoms with Crippen LogP contribution in [0.4, 0.5) is 0 Å². The highest BCUT2D eigenvalue weighted by Crippen LogP contribution is 2.20. The van der Waals surface area contributed by atoms with Crippen LogP contribution in [0.1, 0.15) is 29.5 Å². The van der Waals surface area contributed by atoms with Gasteiger partial charge < -0.3 is 15.8 Å². The van der Waals surface area contributed by atoms with Crippen molar-refractivity contribution in [1.82, 2.24) is 4.98 Å². The average Bonchev–Trinajstić information content (AvgIpc) is 2.30. The van der Waals surface area contributed by atoms with E-state index in [2.05, 4.69) is 4.98 Å². The first-order valence-corrected chi connectivity index (χ1v) is 4.19.